The van der Waals surface area contributed by atoms with E-state index < -0.39 is 0 Å². The predicted octanol–water partition coefficient (Wildman–Crippen LogP) is 2.34. The van der Waals surface area contributed by atoms with E-state index in [1.165, 1.54) is 5.56 Å². The zero-order valence-electron chi connectivity index (χ0n) is 12.2. The van der Waals surface area contributed by atoms with E-state index >= 15 is 0 Å². The van der Waals surface area contributed by atoms with Crippen LogP contribution in [0.4, 0.5) is 0 Å². The molecule has 1 heterocycles. The number of nitrogens with one attached hydrogen (secondary N) is 1. The highest BCUT2D eigenvalue weighted by Crippen LogP contribution is 2.14. The lowest BCUT2D eigenvalue weighted by atomic mass is 10.0. The van der Waals surface area contributed by atoms with Crippen molar-refractivity contribution in [2.75, 3.05) is 0 Å². The average molecular weight is 284 g/mol. The molecule has 1 aromatic carbocycles. The van der Waals surface area contributed by atoms with Crippen LogP contribution in [0.2, 0.25) is 0 Å². The van der Waals surface area contributed by atoms with E-state index in [0.29, 0.717) is 0 Å². The molecule has 5 heteroatoms. The van der Waals surface area contributed by atoms with E-state index in [1.54, 1.807) is 6.20 Å². The number of aromatic nitrogens is 1. The molecule has 2 rings (SSSR count). The normalized spacial score (nSPS) is 13.1. The van der Waals surface area contributed by atoms with Gasteiger partial charge >= 0.3 is 0 Å². The monoisotopic (exact) mass is 284 g/mol. The van der Waals surface area contributed by atoms with Gasteiger partial charge in [-0.15, -0.1) is 0 Å². The van der Waals surface area contributed by atoms with Gasteiger partial charge in [0.25, 0.3) is 0 Å². The first kappa shape index (κ1) is 15.0. The molecule has 4 N–H and O–H groups in total. The maximum absolute atomic E-state index is 8.69. The van der Waals surface area contributed by atoms with Gasteiger partial charge in [-0.2, -0.15) is 0 Å². The fourth-order valence-electron chi connectivity index (χ4n) is 2.11. The smallest absolute Gasteiger partial charge is 0.170 e. The quantitative estimate of drug-likeness (QED) is 0.340. The number of pyridine rings is 1. The Balaban J connectivity index is 2.04. The Labute approximate surface area is 124 Å². The lowest BCUT2D eigenvalue weighted by molar-refractivity contribution is 0.318. The fourth-order valence-corrected chi connectivity index (χ4v) is 2.11. The number of amidine groups is 1. The Morgan fingerprint density at radius 3 is 2.81 bits per heavy atom. The third-order valence-corrected chi connectivity index (χ3v) is 3.48. The van der Waals surface area contributed by atoms with Gasteiger partial charge in [-0.1, -0.05) is 23.4 Å². The molecule has 1 atom stereocenters. The van der Waals surface area contributed by atoms with E-state index in [9.17, 15) is 0 Å². The Hall–Kier alpha value is -2.40. The highest BCUT2D eigenvalue weighted by Gasteiger charge is 2.08. The van der Waals surface area contributed by atoms with Gasteiger partial charge in [0.1, 0.15) is 0 Å². The van der Waals surface area contributed by atoms with E-state index in [2.05, 4.69) is 22.4 Å². The van der Waals surface area contributed by atoms with Crippen molar-refractivity contribution in [3.8, 4) is 0 Å². The van der Waals surface area contributed by atoms with E-state index in [0.717, 1.165) is 23.4 Å². The molecule has 0 bridgehead atoms. The van der Waals surface area contributed by atoms with Crippen molar-refractivity contribution in [1.29, 1.82) is 0 Å². The topological polar surface area (TPSA) is 83.5 Å². The number of oxime groups is 1. The molecule has 0 aliphatic carbocycles. The summed E-state index contributed by atoms with van der Waals surface area (Å²) < 4.78 is 0. The summed E-state index contributed by atoms with van der Waals surface area (Å²) in [6.45, 7) is 4.83. The van der Waals surface area contributed by atoms with Crippen molar-refractivity contribution >= 4 is 5.84 Å². The summed E-state index contributed by atoms with van der Waals surface area (Å²) in [5.74, 6) is 0.125. The molecular formula is C16H20N4O. The minimum absolute atomic E-state index is 0.125. The minimum atomic E-state index is 0.125. The molecule has 0 spiro atoms. The summed E-state index contributed by atoms with van der Waals surface area (Å²) in [5, 5.41) is 15.2. The van der Waals surface area contributed by atoms with Crippen molar-refractivity contribution in [3.05, 3.63) is 65.0 Å². The molecule has 0 fully saturated rings. The first-order valence-electron chi connectivity index (χ1n) is 6.83. The van der Waals surface area contributed by atoms with Crippen LogP contribution in [0.3, 0.4) is 0 Å². The van der Waals surface area contributed by atoms with Crippen molar-refractivity contribution in [2.24, 2.45) is 10.9 Å². The molecule has 5 nitrogen and oxygen atoms in total. The summed E-state index contributed by atoms with van der Waals surface area (Å²) in [6, 6.07) is 11.8. The molecule has 2 aromatic rings. The third-order valence-electron chi connectivity index (χ3n) is 3.48. The average Bonchev–Trinajstić information content (AvgIpc) is 2.53. The maximum atomic E-state index is 8.69. The van der Waals surface area contributed by atoms with Crippen molar-refractivity contribution < 1.29 is 5.21 Å². The molecule has 0 aliphatic heterocycles. The van der Waals surface area contributed by atoms with Crippen LogP contribution in [0.15, 0.2) is 47.8 Å². The number of rotatable bonds is 5. The van der Waals surface area contributed by atoms with Gasteiger partial charge in [-0.3, -0.25) is 4.98 Å². The van der Waals surface area contributed by atoms with Crippen LogP contribution >= 0.6 is 0 Å². The van der Waals surface area contributed by atoms with Gasteiger partial charge in [0.2, 0.25) is 0 Å². The highest BCUT2D eigenvalue weighted by molar-refractivity contribution is 5.97. The van der Waals surface area contributed by atoms with Crippen molar-refractivity contribution in [1.82, 2.24) is 10.3 Å². The Morgan fingerprint density at radius 1 is 1.38 bits per heavy atom. The van der Waals surface area contributed by atoms with E-state index in [-0.39, 0.29) is 11.9 Å². The molecule has 1 aromatic heterocycles. The van der Waals surface area contributed by atoms with Gasteiger partial charge in [0.15, 0.2) is 5.84 Å². The number of hydrogen-bond acceptors (Lipinski definition) is 4. The predicted molar refractivity (Wildman–Crippen MR) is 83.2 cm³/mol. The lowest BCUT2D eigenvalue weighted by Gasteiger charge is -2.15. The second-order valence-electron chi connectivity index (χ2n) is 4.98. The Morgan fingerprint density at radius 2 is 2.19 bits per heavy atom. The fraction of sp³-hybridized carbons (Fsp3) is 0.250. The number of nitrogens with zero attached hydrogens (tertiary/aromatic N) is 2. The van der Waals surface area contributed by atoms with Gasteiger partial charge in [0.05, 0.1) is 5.69 Å². The number of hydrogen-bond donors (Lipinski definition) is 3. The Bertz CT molecular complexity index is 625. The van der Waals surface area contributed by atoms with Crippen LogP contribution in [-0.2, 0) is 6.54 Å². The van der Waals surface area contributed by atoms with Gasteiger partial charge in [-0.25, -0.2) is 0 Å². The molecule has 0 saturated carbocycles. The largest absolute Gasteiger partial charge is 0.409 e. The summed E-state index contributed by atoms with van der Waals surface area (Å²) in [7, 11) is 0. The number of benzene rings is 1. The van der Waals surface area contributed by atoms with Crippen molar-refractivity contribution in [2.45, 2.75) is 26.4 Å². The molecule has 0 saturated heterocycles. The molecular weight excluding hydrogens is 264 g/mol. The summed E-state index contributed by atoms with van der Waals surface area (Å²) in [6.07, 6.45) is 1.80. The molecule has 21 heavy (non-hydrogen) atoms. The Kier molecular flexibility index (Phi) is 4.90. The summed E-state index contributed by atoms with van der Waals surface area (Å²) in [4.78, 5) is 4.34. The van der Waals surface area contributed by atoms with Crippen LogP contribution in [0.1, 0.15) is 35.3 Å². The number of aryl methyl sites for hydroxylation is 1. The first-order chi connectivity index (χ1) is 10.1. The standard InChI is InChI=1S/C16H20N4O/c1-11-9-13(16(17)20-21)6-7-14(11)10-19-12(2)15-5-3-4-8-18-15/h3-9,12,19,21H,10H2,1-2H3,(H2,17,20). The maximum Gasteiger partial charge on any atom is 0.170 e. The minimum Gasteiger partial charge on any atom is -0.409 e. The van der Waals surface area contributed by atoms with Gasteiger partial charge in [-0.05, 0) is 43.2 Å². The van der Waals surface area contributed by atoms with Crippen LogP contribution in [0.25, 0.3) is 0 Å². The van der Waals surface area contributed by atoms with E-state index in [1.807, 2.05) is 43.3 Å². The summed E-state index contributed by atoms with van der Waals surface area (Å²) >= 11 is 0. The number of nitrogens with two attached hydrogens (primary N) is 1. The molecule has 0 radical (unpaired) electrons. The van der Waals surface area contributed by atoms with Crippen LogP contribution < -0.4 is 11.1 Å². The lowest BCUT2D eigenvalue weighted by Crippen LogP contribution is -2.20. The molecule has 1 unspecified atom stereocenters. The third kappa shape index (κ3) is 3.79. The van der Waals surface area contributed by atoms with Gasteiger partial charge < -0.3 is 16.3 Å². The molecule has 0 amide bonds. The van der Waals surface area contributed by atoms with Crippen LogP contribution in [0, 0.1) is 6.92 Å². The first-order valence-corrected chi connectivity index (χ1v) is 6.83. The van der Waals surface area contributed by atoms with Crippen LogP contribution in [0.5, 0.6) is 0 Å². The highest BCUT2D eigenvalue weighted by atomic mass is 16.4. The molecule has 0 aliphatic rings. The second-order valence-corrected chi connectivity index (χ2v) is 4.98. The van der Waals surface area contributed by atoms with Crippen LogP contribution in [-0.4, -0.2) is 16.0 Å². The zero-order valence-corrected chi connectivity index (χ0v) is 12.2. The van der Waals surface area contributed by atoms with Crippen molar-refractivity contribution in [3.63, 3.8) is 0 Å². The van der Waals surface area contributed by atoms with Gasteiger partial charge in [0, 0.05) is 24.3 Å². The molecule has 110 valence electrons. The SMILES string of the molecule is Cc1cc(/C(N)=N/O)ccc1CNC(C)c1ccccn1. The summed E-state index contributed by atoms with van der Waals surface area (Å²) in [5.41, 5.74) is 9.59. The van der Waals surface area contributed by atoms with E-state index in [4.69, 9.17) is 10.9 Å². The zero-order chi connectivity index (χ0) is 15.2. The second kappa shape index (κ2) is 6.85.